The number of carboxylic acids is 1. The normalized spacial score (nSPS) is 18.2. The molecule has 1 fully saturated rings. The lowest BCUT2D eigenvalue weighted by Gasteiger charge is -2.27. The van der Waals surface area contributed by atoms with Crippen molar-refractivity contribution in [3.8, 4) is 0 Å². The first-order valence-electron chi connectivity index (χ1n) is 6.71. The number of hydrogen-bond donors (Lipinski definition) is 2. The van der Waals surface area contributed by atoms with Gasteiger partial charge in [-0.3, -0.25) is 0 Å². The van der Waals surface area contributed by atoms with Crippen LogP contribution in [0, 0.1) is 5.41 Å². The van der Waals surface area contributed by atoms with Gasteiger partial charge in [0.1, 0.15) is 9.77 Å². The number of thiophene rings is 1. The summed E-state index contributed by atoms with van der Waals surface area (Å²) in [5, 5.41) is 10.5. The van der Waals surface area contributed by atoms with Crippen LogP contribution in [0.1, 0.15) is 48.7 Å². The van der Waals surface area contributed by atoms with Crippen molar-refractivity contribution in [3.63, 3.8) is 0 Å². The second-order valence-electron chi connectivity index (χ2n) is 5.30. The van der Waals surface area contributed by atoms with Gasteiger partial charge in [0.05, 0.1) is 0 Å². The Morgan fingerprint density at radius 2 is 2.10 bits per heavy atom. The van der Waals surface area contributed by atoms with Crippen molar-refractivity contribution in [2.24, 2.45) is 5.41 Å². The highest BCUT2D eigenvalue weighted by Gasteiger charge is 2.34. The topological polar surface area (TPSA) is 83.5 Å². The quantitative estimate of drug-likeness (QED) is 0.845. The molecule has 0 bridgehead atoms. The molecule has 7 heteroatoms. The van der Waals surface area contributed by atoms with Gasteiger partial charge in [0.25, 0.3) is 0 Å². The van der Waals surface area contributed by atoms with Crippen LogP contribution < -0.4 is 4.72 Å². The van der Waals surface area contributed by atoms with Crippen molar-refractivity contribution < 1.29 is 18.3 Å². The Morgan fingerprint density at radius 3 is 2.65 bits per heavy atom. The smallest absolute Gasteiger partial charge is 0.347 e. The first-order valence-corrected chi connectivity index (χ1v) is 9.07. The van der Waals surface area contributed by atoms with E-state index in [4.69, 9.17) is 5.11 Å². The van der Waals surface area contributed by atoms with Crippen molar-refractivity contribution in [1.29, 1.82) is 0 Å². The lowest BCUT2D eigenvalue weighted by molar-refractivity contribution is 0.0698. The average molecular weight is 317 g/mol. The minimum atomic E-state index is -3.75. The van der Waals surface area contributed by atoms with E-state index in [-0.39, 0.29) is 15.2 Å². The van der Waals surface area contributed by atoms with E-state index in [9.17, 15) is 13.2 Å². The molecule has 1 aromatic heterocycles. The lowest BCUT2D eigenvalue weighted by Crippen LogP contribution is -2.35. The van der Waals surface area contributed by atoms with E-state index < -0.39 is 16.0 Å². The molecule has 1 aliphatic carbocycles. The summed E-state index contributed by atoms with van der Waals surface area (Å²) in [6.45, 7) is 2.47. The van der Waals surface area contributed by atoms with Crippen LogP contribution in [0.25, 0.3) is 0 Å². The third-order valence-corrected chi connectivity index (χ3v) is 6.64. The lowest BCUT2D eigenvalue weighted by atomic mass is 9.84. The van der Waals surface area contributed by atoms with Crippen LogP contribution in [0.4, 0.5) is 0 Å². The van der Waals surface area contributed by atoms with Gasteiger partial charge < -0.3 is 5.11 Å². The number of hydrogen-bond acceptors (Lipinski definition) is 4. The molecule has 0 unspecified atom stereocenters. The third kappa shape index (κ3) is 3.05. The van der Waals surface area contributed by atoms with Gasteiger partial charge in [0, 0.05) is 6.54 Å². The van der Waals surface area contributed by atoms with Gasteiger partial charge >= 0.3 is 5.97 Å². The summed E-state index contributed by atoms with van der Waals surface area (Å²) >= 11 is 0.929. The zero-order chi connectivity index (χ0) is 14.8. The van der Waals surface area contributed by atoms with Gasteiger partial charge in [-0.1, -0.05) is 19.8 Å². The summed E-state index contributed by atoms with van der Waals surface area (Å²) in [7, 11) is -3.75. The SMILES string of the molecule is CCC1(CNS(=O)(=O)c2ccsc2C(=O)O)CCCC1. The summed E-state index contributed by atoms with van der Waals surface area (Å²) in [5.41, 5.74) is 0.0342. The van der Waals surface area contributed by atoms with Gasteiger partial charge in [-0.05, 0) is 36.1 Å². The molecule has 0 amide bonds. The molecule has 0 spiro atoms. The Hall–Kier alpha value is -0.920. The number of aromatic carboxylic acids is 1. The van der Waals surface area contributed by atoms with Crippen LogP contribution in [0.3, 0.4) is 0 Å². The predicted octanol–water partition coefficient (Wildman–Crippen LogP) is 2.70. The number of carboxylic acid groups (broad SMARTS) is 1. The fourth-order valence-electron chi connectivity index (χ4n) is 2.77. The van der Waals surface area contributed by atoms with Gasteiger partial charge in [0.15, 0.2) is 0 Å². The minimum Gasteiger partial charge on any atom is -0.477 e. The Bertz CT molecular complexity index is 585. The van der Waals surface area contributed by atoms with Crippen molar-refractivity contribution in [3.05, 3.63) is 16.3 Å². The monoisotopic (exact) mass is 317 g/mol. The van der Waals surface area contributed by atoms with E-state index in [1.807, 2.05) is 0 Å². The summed E-state index contributed by atoms with van der Waals surface area (Å²) in [4.78, 5) is 10.8. The molecule has 2 N–H and O–H groups in total. The van der Waals surface area contributed by atoms with Gasteiger partial charge in [-0.15, -0.1) is 11.3 Å². The number of rotatable bonds is 6. The molecule has 1 saturated carbocycles. The molecule has 0 atom stereocenters. The molecular formula is C13H19NO4S2. The number of sulfonamides is 1. The maximum atomic E-state index is 12.3. The molecule has 112 valence electrons. The van der Waals surface area contributed by atoms with Gasteiger partial charge in [-0.2, -0.15) is 0 Å². The number of nitrogens with one attached hydrogen (secondary N) is 1. The van der Waals surface area contributed by atoms with E-state index in [2.05, 4.69) is 11.6 Å². The van der Waals surface area contributed by atoms with Gasteiger partial charge in [-0.25, -0.2) is 17.9 Å². The molecule has 0 aliphatic heterocycles. The Labute approximate surface area is 123 Å². The average Bonchev–Trinajstić information content (AvgIpc) is 3.06. The van der Waals surface area contributed by atoms with Crippen molar-refractivity contribution >= 4 is 27.3 Å². The first kappa shape index (κ1) is 15.5. The maximum absolute atomic E-state index is 12.3. The van der Waals surface area contributed by atoms with Crippen molar-refractivity contribution in [1.82, 2.24) is 4.72 Å². The Balaban J connectivity index is 2.15. The molecule has 5 nitrogen and oxygen atoms in total. The number of carbonyl (C=O) groups is 1. The van der Waals surface area contributed by atoms with E-state index >= 15 is 0 Å². The first-order chi connectivity index (χ1) is 9.40. The molecule has 1 aromatic rings. The molecule has 1 heterocycles. The van der Waals surface area contributed by atoms with Gasteiger partial charge in [0.2, 0.25) is 10.0 Å². The van der Waals surface area contributed by atoms with Crippen LogP contribution in [-0.2, 0) is 10.0 Å². The Morgan fingerprint density at radius 1 is 1.45 bits per heavy atom. The molecule has 2 rings (SSSR count). The minimum absolute atomic E-state index is 0.0342. The van der Waals surface area contributed by atoms with Crippen LogP contribution in [-0.4, -0.2) is 26.0 Å². The second kappa shape index (κ2) is 5.83. The molecule has 0 radical (unpaired) electrons. The zero-order valence-electron chi connectivity index (χ0n) is 11.4. The van der Waals surface area contributed by atoms with Crippen LogP contribution in [0.5, 0.6) is 0 Å². The van der Waals surface area contributed by atoms with E-state index in [0.717, 1.165) is 43.4 Å². The molecule has 0 saturated heterocycles. The third-order valence-electron chi connectivity index (χ3n) is 4.16. The van der Waals surface area contributed by atoms with E-state index in [1.165, 1.54) is 11.4 Å². The predicted molar refractivity (Wildman–Crippen MR) is 77.7 cm³/mol. The standard InChI is InChI=1S/C13H19NO4S2/c1-2-13(6-3-4-7-13)9-14-20(17,18)10-5-8-19-11(10)12(15)16/h5,8,14H,2-4,6-7,9H2,1H3,(H,15,16). The van der Waals surface area contributed by atoms with Crippen LogP contribution >= 0.6 is 11.3 Å². The van der Waals surface area contributed by atoms with E-state index in [1.54, 1.807) is 0 Å². The van der Waals surface area contributed by atoms with E-state index in [0.29, 0.717) is 6.54 Å². The largest absolute Gasteiger partial charge is 0.477 e. The highest BCUT2D eigenvalue weighted by molar-refractivity contribution is 7.89. The maximum Gasteiger partial charge on any atom is 0.347 e. The fraction of sp³-hybridized carbons (Fsp3) is 0.615. The molecule has 1 aliphatic rings. The summed E-state index contributed by atoms with van der Waals surface area (Å²) in [6, 6.07) is 1.35. The highest BCUT2D eigenvalue weighted by atomic mass is 32.2. The van der Waals surface area contributed by atoms with Crippen molar-refractivity contribution in [2.45, 2.75) is 43.9 Å². The summed E-state index contributed by atoms with van der Waals surface area (Å²) in [6.07, 6.45) is 5.26. The fourth-order valence-corrected chi connectivity index (χ4v) is 5.19. The Kier molecular flexibility index (Phi) is 4.51. The highest BCUT2D eigenvalue weighted by Crippen LogP contribution is 2.40. The van der Waals surface area contributed by atoms with Crippen molar-refractivity contribution in [2.75, 3.05) is 6.54 Å². The summed E-state index contributed by atoms with van der Waals surface area (Å²) < 4.78 is 27.1. The van der Waals surface area contributed by atoms with Crippen LogP contribution in [0.15, 0.2) is 16.3 Å². The molecule has 20 heavy (non-hydrogen) atoms. The molecular weight excluding hydrogens is 298 g/mol. The second-order valence-corrected chi connectivity index (χ2v) is 7.96. The zero-order valence-corrected chi connectivity index (χ0v) is 13.0. The van der Waals surface area contributed by atoms with Crippen LogP contribution in [0.2, 0.25) is 0 Å². The molecule has 0 aromatic carbocycles. The summed E-state index contributed by atoms with van der Waals surface area (Å²) in [5.74, 6) is -1.20.